The first-order chi connectivity index (χ1) is 12.0. The second-order valence-electron chi connectivity index (χ2n) is 6.85. The molecule has 0 radical (unpaired) electrons. The molecule has 0 spiro atoms. The summed E-state index contributed by atoms with van der Waals surface area (Å²) >= 11 is 5.02. The fraction of sp³-hybridized carbons (Fsp3) is 0.579. The largest absolute Gasteiger partial charge is 0.339 e. The van der Waals surface area contributed by atoms with Crippen LogP contribution in [0.1, 0.15) is 32.6 Å². The summed E-state index contributed by atoms with van der Waals surface area (Å²) in [5, 5.41) is -0.113. The van der Waals surface area contributed by atoms with E-state index in [9.17, 15) is 9.59 Å². The van der Waals surface area contributed by atoms with Gasteiger partial charge in [-0.3, -0.25) is 9.59 Å². The minimum atomic E-state index is -0.113. The monoisotopic (exact) mass is 424 g/mol. The topological polar surface area (TPSA) is 40.6 Å². The summed E-state index contributed by atoms with van der Waals surface area (Å²) in [6, 6.07) is 8.04. The van der Waals surface area contributed by atoms with Gasteiger partial charge in [0.2, 0.25) is 11.8 Å². The lowest BCUT2D eigenvalue weighted by Gasteiger charge is -2.37. The predicted molar refractivity (Wildman–Crippen MR) is 105 cm³/mol. The Bertz CT molecular complexity index is 608. The molecule has 6 heteroatoms. The maximum absolute atomic E-state index is 12.7. The van der Waals surface area contributed by atoms with Crippen molar-refractivity contribution in [1.29, 1.82) is 0 Å². The number of piperazine rings is 1. The zero-order chi connectivity index (χ0) is 17.8. The highest BCUT2D eigenvalue weighted by atomic mass is 79.9. The molecule has 1 aromatic rings. The third-order valence-electron chi connectivity index (χ3n) is 5.08. The molecule has 25 heavy (non-hydrogen) atoms. The Labute approximate surface area is 162 Å². The molecule has 1 aromatic carbocycles. The van der Waals surface area contributed by atoms with Crippen LogP contribution in [0.5, 0.6) is 0 Å². The Morgan fingerprint density at radius 1 is 1.04 bits per heavy atom. The van der Waals surface area contributed by atoms with Crippen molar-refractivity contribution in [3.63, 3.8) is 0 Å². The van der Waals surface area contributed by atoms with Crippen LogP contribution in [0.2, 0.25) is 0 Å². The first kappa shape index (κ1) is 18.8. The van der Waals surface area contributed by atoms with Crippen molar-refractivity contribution in [2.24, 2.45) is 5.92 Å². The average Bonchev–Trinajstić information content (AvgIpc) is 3.17. The van der Waals surface area contributed by atoms with Crippen molar-refractivity contribution in [3.05, 3.63) is 28.7 Å². The van der Waals surface area contributed by atoms with Crippen LogP contribution in [0.3, 0.4) is 0 Å². The van der Waals surface area contributed by atoms with Crippen LogP contribution in [-0.4, -0.2) is 53.0 Å². The second kappa shape index (κ2) is 8.58. The maximum atomic E-state index is 12.7. The summed E-state index contributed by atoms with van der Waals surface area (Å²) in [6.45, 7) is 4.63. The molecular weight excluding hydrogens is 400 g/mol. The molecule has 2 aliphatic rings. The lowest BCUT2D eigenvalue weighted by Crippen LogP contribution is -2.53. The van der Waals surface area contributed by atoms with Gasteiger partial charge in [-0.25, -0.2) is 0 Å². The van der Waals surface area contributed by atoms with Crippen LogP contribution in [0.15, 0.2) is 33.6 Å². The van der Waals surface area contributed by atoms with Crippen LogP contribution < -0.4 is 0 Å². The fourth-order valence-corrected chi connectivity index (χ4v) is 4.82. The van der Waals surface area contributed by atoms with Gasteiger partial charge in [0.25, 0.3) is 0 Å². The zero-order valence-corrected chi connectivity index (χ0v) is 17.0. The molecule has 2 amide bonds. The summed E-state index contributed by atoms with van der Waals surface area (Å²) in [7, 11) is 0. The molecule has 4 nitrogen and oxygen atoms in total. The maximum Gasteiger partial charge on any atom is 0.235 e. The lowest BCUT2D eigenvalue weighted by molar-refractivity contribution is -0.141. The normalized spacial score (nSPS) is 19.9. The fourth-order valence-electron chi connectivity index (χ4n) is 3.60. The van der Waals surface area contributed by atoms with Crippen LogP contribution >= 0.6 is 27.7 Å². The van der Waals surface area contributed by atoms with Gasteiger partial charge in [0.15, 0.2) is 0 Å². The van der Waals surface area contributed by atoms with Crippen molar-refractivity contribution < 1.29 is 9.59 Å². The molecule has 0 N–H and O–H groups in total. The van der Waals surface area contributed by atoms with E-state index in [1.807, 2.05) is 41.0 Å². The van der Waals surface area contributed by atoms with Gasteiger partial charge < -0.3 is 9.80 Å². The van der Waals surface area contributed by atoms with E-state index in [2.05, 4.69) is 15.9 Å². The number of carbonyl (C=O) groups excluding carboxylic acids is 2. The molecular formula is C19H25BrN2O2S. The van der Waals surface area contributed by atoms with E-state index in [4.69, 9.17) is 0 Å². The van der Waals surface area contributed by atoms with Crippen LogP contribution in [0.4, 0.5) is 0 Å². The molecule has 3 rings (SSSR count). The summed E-state index contributed by atoms with van der Waals surface area (Å²) in [6.07, 6.45) is 4.44. The van der Waals surface area contributed by atoms with E-state index in [1.165, 1.54) is 12.8 Å². The lowest BCUT2D eigenvalue weighted by atomic mass is 10.1. The molecule has 1 aliphatic heterocycles. The molecule has 1 heterocycles. The van der Waals surface area contributed by atoms with E-state index >= 15 is 0 Å². The van der Waals surface area contributed by atoms with E-state index in [-0.39, 0.29) is 17.1 Å². The minimum absolute atomic E-state index is 0.113. The first-order valence-corrected chi connectivity index (χ1v) is 10.7. The highest BCUT2D eigenvalue weighted by Gasteiger charge is 2.31. The Balaban J connectivity index is 1.48. The molecule has 2 fully saturated rings. The summed E-state index contributed by atoms with van der Waals surface area (Å²) < 4.78 is 1.04. The van der Waals surface area contributed by atoms with Gasteiger partial charge in [0.05, 0.1) is 5.25 Å². The Morgan fingerprint density at radius 2 is 1.60 bits per heavy atom. The van der Waals surface area contributed by atoms with Crippen LogP contribution in [0.25, 0.3) is 0 Å². The van der Waals surface area contributed by atoms with Gasteiger partial charge in [0, 0.05) is 41.5 Å². The van der Waals surface area contributed by atoms with Gasteiger partial charge in [0.1, 0.15) is 0 Å². The highest BCUT2D eigenvalue weighted by Crippen LogP contribution is 2.28. The van der Waals surface area contributed by atoms with Crippen molar-refractivity contribution in [2.75, 3.05) is 26.2 Å². The first-order valence-electron chi connectivity index (χ1n) is 9.04. The summed E-state index contributed by atoms with van der Waals surface area (Å²) in [4.78, 5) is 30.2. The zero-order valence-electron chi connectivity index (χ0n) is 14.6. The summed E-state index contributed by atoms with van der Waals surface area (Å²) in [5.41, 5.74) is 0. The molecule has 1 atom stereocenters. The third kappa shape index (κ3) is 4.79. The summed E-state index contributed by atoms with van der Waals surface area (Å²) in [5.74, 6) is 0.705. The number of carbonyl (C=O) groups is 2. The number of nitrogens with zero attached hydrogens (tertiary/aromatic N) is 2. The van der Waals surface area contributed by atoms with E-state index in [0.717, 1.165) is 22.2 Å². The van der Waals surface area contributed by atoms with Crippen LogP contribution in [-0.2, 0) is 9.59 Å². The Hall–Kier alpha value is -1.01. The highest BCUT2D eigenvalue weighted by molar-refractivity contribution is 9.10. The van der Waals surface area contributed by atoms with Crippen LogP contribution in [0, 0.1) is 5.92 Å². The average molecular weight is 425 g/mol. The number of hydrogen-bond acceptors (Lipinski definition) is 3. The smallest absolute Gasteiger partial charge is 0.235 e. The number of halogens is 1. The number of benzene rings is 1. The number of rotatable bonds is 4. The molecule has 1 saturated carbocycles. The molecule has 0 bridgehead atoms. The molecule has 1 unspecified atom stereocenters. The van der Waals surface area contributed by atoms with E-state index in [1.54, 1.807) is 11.8 Å². The number of amides is 2. The Morgan fingerprint density at radius 3 is 2.20 bits per heavy atom. The SMILES string of the molecule is CC(Sc1ccc(Br)cc1)C(=O)N1CCN(C(=O)C2CCCC2)CC1. The van der Waals surface area contributed by atoms with Crippen molar-refractivity contribution in [3.8, 4) is 0 Å². The van der Waals surface area contributed by atoms with Crippen molar-refractivity contribution in [2.45, 2.75) is 42.8 Å². The quantitative estimate of drug-likeness (QED) is 0.690. The number of hydrogen-bond donors (Lipinski definition) is 0. The Kier molecular flexibility index (Phi) is 6.44. The van der Waals surface area contributed by atoms with Gasteiger partial charge >= 0.3 is 0 Å². The molecule has 1 saturated heterocycles. The second-order valence-corrected chi connectivity index (χ2v) is 9.18. The van der Waals surface area contributed by atoms with Gasteiger partial charge in [-0.1, -0.05) is 28.8 Å². The molecule has 136 valence electrons. The van der Waals surface area contributed by atoms with Gasteiger partial charge in [-0.15, -0.1) is 11.8 Å². The van der Waals surface area contributed by atoms with Crippen molar-refractivity contribution in [1.82, 2.24) is 9.80 Å². The third-order valence-corrected chi connectivity index (χ3v) is 6.71. The van der Waals surface area contributed by atoms with E-state index in [0.29, 0.717) is 32.1 Å². The minimum Gasteiger partial charge on any atom is -0.339 e. The van der Waals surface area contributed by atoms with Gasteiger partial charge in [-0.05, 0) is 44.0 Å². The predicted octanol–water partition coefficient (Wildman–Crippen LogP) is 3.79. The molecule has 0 aromatic heterocycles. The van der Waals surface area contributed by atoms with E-state index < -0.39 is 0 Å². The standard InChI is InChI=1S/C19H25BrN2O2S/c1-14(25-17-8-6-16(20)7-9-17)18(23)21-10-12-22(13-11-21)19(24)15-4-2-3-5-15/h6-9,14-15H,2-5,10-13H2,1H3. The van der Waals surface area contributed by atoms with Crippen molar-refractivity contribution >= 4 is 39.5 Å². The molecule has 1 aliphatic carbocycles. The van der Waals surface area contributed by atoms with Gasteiger partial charge in [-0.2, -0.15) is 0 Å². The number of thioether (sulfide) groups is 1.